The van der Waals surface area contributed by atoms with Gasteiger partial charge in [0.15, 0.2) is 5.78 Å². The van der Waals surface area contributed by atoms with Gasteiger partial charge in [0.2, 0.25) is 0 Å². The van der Waals surface area contributed by atoms with E-state index in [1.807, 2.05) is 43.3 Å². The van der Waals surface area contributed by atoms with Gasteiger partial charge >= 0.3 is 0 Å². The maximum absolute atomic E-state index is 12.3. The quantitative estimate of drug-likeness (QED) is 0.828. The Morgan fingerprint density at radius 1 is 1.06 bits per heavy atom. The third-order valence-electron chi connectivity index (χ3n) is 2.68. The number of hydrogen-bond acceptors (Lipinski definition) is 2. The first kappa shape index (κ1) is 12.1. The second kappa shape index (κ2) is 5.32. The molecule has 0 aliphatic rings. The summed E-state index contributed by atoms with van der Waals surface area (Å²) >= 11 is 0. The number of benzene rings is 2. The van der Waals surface area contributed by atoms with Crippen LogP contribution in [0.25, 0.3) is 6.08 Å². The van der Waals surface area contributed by atoms with E-state index < -0.39 is 0 Å². The van der Waals surface area contributed by atoms with Crippen LogP contribution in [0, 0.1) is 0 Å². The van der Waals surface area contributed by atoms with Gasteiger partial charge in [0.05, 0.1) is 0 Å². The standard InChI is InChI=1S/C16H14O2/c1-2-5-12-6-3-4-7-15(12)16(18)13-8-10-14(17)11-9-13/h2-11,17H,1H3/b5-2+. The highest BCUT2D eigenvalue weighted by Gasteiger charge is 2.11. The van der Waals surface area contributed by atoms with Gasteiger partial charge in [0.1, 0.15) is 5.75 Å². The number of carbonyl (C=O) groups is 1. The molecule has 0 aliphatic carbocycles. The molecule has 0 fully saturated rings. The minimum atomic E-state index is -0.0382. The van der Waals surface area contributed by atoms with E-state index in [1.165, 1.54) is 12.1 Å². The zero-order valence-corrected chi connectivity index (χ0v) is 10.1. The molecule has 2 heteroatoms. The largest absolute Gasteiger partial charge is 0.508 e. The number of ketones is 1. The molecular formula is C16H14O2. The lowest BCUT2D eigenvalue weighted by Crippen LogP contribution is -2.03. The van der Waals surface area contributed by atoms with Crippen molar-refractivity contribution in [2.45, 2.75) is 6.92 Å². The highest BCUT2D eigenvalue weighted by atomic mass is 16.3. The molecular weight excluding hydrogens is 224 g/mol. The van der Waals surface area contributed by atoms with E-state index in [9.17, 15) is 9.90 Å². The van der Waals surface area contributed by atoms with Crippen LogP contribution in [-0.4, -0.2) is 10.9 Å². The Hall–Kier alpha value is -2.35. The number of rotatable bonds is 3. The average molecular weight is 238 g/mol. The fourth-order valence-electron chi connectivity index (χ4n) is 1.80. The fourth-order valence-corrected chi connectivity index (χ4v) is 1.80. The first-order valence-corrected chi connectivity index (χ1v) is 5.78. The van der Waals surface area contributed by atoms with Crippen LogP contribution < -0.4 is 0 Å². The number of allylic oxidation sites excluding steroid dienone is 1. The van der Waals surface area contributed by atoms with Crippen LogP contribution in [0.5, 0.6) is 5.75 Å². The Morgan fingerprint density at radius 2 is 1.72 bits per heavy atom. The van der Waals surface area contributed by atoms with E-state index in [2.05, 4.69) is 0 Å². The average Bonchev–Trinajstić information content (AvgIpc) is 2.40. The van der Waals surface area contributed by atoms with Gasteiger partial charge < -0.3 is 5.11 Å². The predicted octanol–water partition coefficient (Wildman–Crippen LogP) is 3.66. The van der Waals surface area contributed by atoms with Crippen LogP contribution in [0.2, 0.25) is 0 Å². The number of carbonyl (C=O) groups excluding carboxylic acids is 1. The third kappa shape index (κ3) is 2.48. The second-order valence-corrected chi connectivity index (χ2v) is 3.96. The maximum Gasteiger partial charge on any atom is 0.193 e. The fraction of sp³-hybridized carbons (Fsp3) is 0.0625. The lowest BCUT2D eigenvalue weighted by Gasteiger charge is -2.05. The molecule has 0 unspecified atom stereocenters. The zero-order valence-electron chi connectivity index (χ0n) is 10.1. The van der Waals surface area contributed by atoms with Crippen LogP contribution in [-0.2, 0) is 0 Å². The molecule has 2 aromatic carbocycles. The molecule has 1 N–H and O–H groups in total. The minimum absolute atomic E-state index is 0.0382. The van der Waals surface area contributed by atoms with Crippen molar-refractivity contribution in [3.8, 4) is 5.75 Å². The topological polar surface area (TPSA) is 37.3 Å². The minimum Gasteiger partial charge on any atom is -0.508 e. The lowest BCUT2D eigenvalue weighted by atomic mass is 9.98. The summed E-state index contributed by atoms with van der Waals surface area (Å²) in [5, 5.41) is 9.23. The number of aromatic hydroxyl groups is 1. The maximum atomic E-state index is 12.3. The molecule has 2 aromatic rings. The SMILES string of the molecule is C/C=C/c1ccccc1C(=O)c1ccc(O)cc1. The van der Waals surface area contributed by atoms with E-state index in [1.54, 1.807) is 12.1 Å². The number of hydrogen-bond donors (Lipinski definition) is 1. The van der Waals surface area contributed by atoms with Crippen molar-refractivity contribution in [2.24, 2.45) is 0 Å². The van der Waals surface area contributed by atoms with Crippen molar-refractivity contribution >= 4 is 11.9 Å². The van der Waals surface area contributed by atoms with Crippen LogP contribution in [0.15, 0.2) is 54.6 Å². The molecule has 0 saturated heterocycles. The summed E-state index contributed by atoms with van der Waals surface area (Å²) in [5.74, 6) is 0.122. The number of phenolic OH excluding ortho intramolecular Hbond substituents is 1. The molecule has 0 amide bonds. The van der Waals surface area contributed by atoms with E-state index in [-0.39, 0.29) is 11.5 Å². The van der Waals surface area contributed by atoms with Crippen molar-refractivity contribution < 1.29 is 9.90 Å². The van der Waals surface area contributed by atoms with Crippen LogP contribution in [0.3, 0.4) is 0 Å². The van der Waals surface area contributed by atoms with Gasteiger partial charge in [-0.2, -0.15) is 0 Å². The summed E-state index contributed by atoms with van der Waals surface area (Å²) in [4.78, 5) is 12.3. The summed E-state index contributed by atoms with van der Waals surface area (Å²) < 4.78 is 0. The van der Waals surface area contributed by atoms with Gasteiger partial charge in [0.25, 0.3) is 0 Å². The highest BCUT2D eigenvalue weighted by Crippen LogP contribution is 2.18. The van der Waals surface area contributed by atoms with E-state index >= 15 is 0 Å². The molecule has 2 nitrogen and oxygen atoms in total. The Kier molecular flexibility index (Phi) is 3.58. The van der Waals surface area contributed by atoms with Crippen LogP contribution in [0.4, 0.5) is 0 Å². The van der Waals surface area contributed by atoms with Crippen molar-refractivity contribution in [1.82, 2.24) is 0 Å². The zero-order chi connectivity index (χ0) is 13.0. The highest BCUT2D eigenvalue weighted by molar-refractivity contribution is 6.11. The molecule has 2 rings (SSSR count). The molecule has 0 atom stereocenters. The third-order valence-corrected chi connectivity index (χ3v) is 2.68. The van der Waals surface area contributed by atoms with Gasteiger partial charge in [-0.05, 0) is 36.8 Å². The molecule has 0 radical (unpaired) electrons. The summed E-state index contributed by atoms with van der Waals surface area (Å²) in [6.07, 6.45) is 3.82. The van der Waals surface area contributed by atoms with Crippen LogP contribution in [0.1, 0.15) is 28.4 Å². The first-order valence-electron chi connectivity index (χ1n) is 5.78. The number of phenols is 1. The molecule has 18 heavy (non-hydrogen) atoms. The Bertz CT molecular complexity index is 580. The predicted molar refractivity (Wildman–Crippen MR) is 72.7 cm³/mol. The van der Waals surface area contributed by atoms with Crippen molar-refractivity contribution in [3.63, 3.8) is 0 Å². The summed E-state index contributed by atoms with van der Waals surface area (Å²) in [6, 6.07) is 13.8. The van der Waals surface area contributed by atoms with Gasteiger partial charge in [-0.1, -0.05) is 36.4 Å². The summed E-state index contributed by atoms with van der Waals surface area (Å²) in [5.41, 5.74) is 2.14. The molecule has 0 aliphatic heterocycles. The summed E-state index contributed by atoms with van der Waals surface area (Å²) in [7, 11) is 0. The molecule has 0 aromatic heterocycles. The molecule has 0 heterocycles. The Labute approximate surface area is 106 Å². The van der Waals surface area contributed by atoms with Gasteiger partial charge in [-0.15, -0.1) is 0 Å². The van der Waals surface area contributed by atoms with E-state index in [0.29, 0.717) is 11.1 Å². The molecule has 0 saturated carbocycles. The Balaban J connectivity index is 2.42. The molecule has 90 valence electrons. The van der Waals surface area contributed by atoms with E-state index in [0.717, 1.165) is 5.56 Å². The molecule has 0 bridgehead atoms. The second-order valence-electron chi connectivity index (χ2n) is 3.96. The van der Waals surface area contributed by atoms with Gasteiger partial charge in [-0.3, -0.25) is 4.79 Å². The smallest absolute Gasteiger partial charge is 0.193 e. The van der Waals surface area contributed by atoms with Gasteiger partial charge in [0, 0.05) is 11.1 Å². The van der Waals surface area contributed by atoms with Crippen molar-refractivity contribution in [1.29, 1.82) is 0 Å². The Morgan fingerprint density at radius 3 is 2.39 bits per heavy atom. The van der Waals surface area contributed by atoms with Crippen LogP contribution >= 0.6 is 0 Å². The monoisotopic (exact) mass is 238 g/mol. The lowest BCUT2D eigenvalue weighted by molar-refractivity contribution is 0.103. The first-order chi connectivity index (χ1) is 8.72. The van der Waals surface area contributed by atoms with Crippen molar-refractivity contribution in [2.75, 3.05) is 0 Å². The van der Waals surface area contributed by atoms with Crippen molar-refractivity contribution in [3.05, 3.63) is 71.3 Å². The molecule has 0 spiro atoms. The van der Waals surface area contributed by atoms with Gasteiger partial charge in [-0.25, -0.2) is 0 Å². The normalized spacial score (nSPS) is 10.7. The summed E-state index contributed by atoms with van der Waals surface area (Å²) in [6.45, 7) is 1.92. The van der Waals surface area contributed by atoms with E-state index in [4.69, 9.17) is 0 Å².